The van der Waals surface area contributed by atoms with Gasteiger partial charge in [-0.2, -0.15) is 0 Å². The molecule has 2 heterocycles. The molecular weight excluding hydrogens is 403 g/mol. The number of nitrogens with one attached hydrogen (secondary N) is 3. The molecule has 0 aliphatic carbocycles. The summed E-state index contributed by atoms with van der Waals surface area (Å²) >= 11 is 0. The second-order valence-corrected chi connectivity index (χ2v) is 6.07. The molecule has 1 fully saturated rings. The van der Waals surface area contributed by atoms with Gasteiger partial charge in [0.05, 0.1) is 24.5 Å². The van der Waals surface area contributed by atoms with Gasteiger partial charge in [-0.3, -0.25) is 14.6 Å². The van der Waals surface area contributed by atoms with Crippen LogP contribution < -0.4 is 16.0 Å². The summed E-state index contributed by atoms with van der Waals surface area (Å²) < 4.78 is 5.36. The number of ether oxygens (including phenoxy) is 1. The summed E-state index contributed by atoms with van der Waals surface area (Å²) in [6.45, 7) is 2.29. The van der Waals surface area contributed by atoms with E-state index in [1.807, 2.05) is 12.1 Å². The van der Waals surface area contributed by atoms with Crippen LogP contribution in [0.25, 0.3) is 0 Å². The Morgan fingerprint density at radius 1 is 1.18 bits per heavy atom. The van der Waals surface area contributed by atoms with Crippen LogP contribution in [-0.4, -0.2) is 42.6 Å². The number of morpholine rings is 1. The van der Waals surface area contributed by atoms with Crippen molar-refractivity contribution in [2.45, 2.75) is 19.0 Å². The third-order valence-electron chi connectivity index (χ3n) is 4.05. The molecule has 28 heavy (non-hydrogen) atoms. The minimum atomic E-state index is -0.246. The number of benzene rings is 1. The average Bonchev–Trinajstić information content (AvgIpc) is 2.68. The first-order valence-electron chi connectivity index (χ1n) is 8.59. The number of rotatable bonds is 6. The summed E-state index contributed by atoms with van der Waals surface area (Å²) in [5.41, 5.74) is 1.83. The van der Waals surface area contributed by atoms with Gasteiger partial charge in [0.2, 0.25) is 5.91 Å². The highest BCUT2D eigenvalue weighted by Gasteiger charge is 2.18. The lowest BCUT2D eigenvalue weighted by molar-refractivity contribution is -0.117. The summed E-state index contributed by atoms with van der Waals surface area (Å²) in [5.74, 6) is -0.399. The predicted molar refractivity (Wildman–Crippen MR) is 112 cm³/mol. The lowest BCUT2D eigenvalue weighted by Crippen LogP contribution is -2.43. The smallest absolute Gasteiger partial charge is 0.253 e. The van der Waals surface area contributed by atoms with Crippen LogP contribution in [0.15, 0.2) is 48.8 Å². The van der Waals surface area contributed by atoms with Gasteiger partial charge in [0.25, 0.3) is 5.91 Å². The number of carbonyl (C=O) groups excluding carboxylic acids is 2. The number of hydrogen-bond donors (Lipinski definition) is 3. The van der Waals surface area contributed by atoms with Crippen LogP contribution in [0.5, 0.6) is 0 Å². The third-order valence-corrected chi connectivity index (χ3v) is 4.05. The highest BCUT2D eigenvalue weighted by molar-refractivity contribution is 6.03. The molecule has 1 saturated heterocycles. The summed E-state index contributed by atoms with van der Waals surface area (Å²) in [7, 11) is 0. The van der Waals surface area contributed by atoms with Crippen LogP contribution >= 0.6 is 24.8 Å². The molecule has 1 aliphatic heterocycles. The molecule has 1 aromatic heterocycles. The average molecular weight is 427 g/mol. The maximum atomic E-state index is 12.5. The van der Waals surface area contributed by atoms with Gasteiger partial charge in [-0.05, 0) is 23.8 Å². The molecule has 2 amide bonds. The first kappa shape index (κ1) is 23.8. The first-order valence-corrected chi connectivity index (χ1v) is 8.59. The molecule has 1 aromatic carbocycles. The maximum absolute atomic E-state index is 12.5. The van der Waals surface area contributed by atoms with E-state index in [9.17, 15) is 9.59 Å². The van der Waals surface area contributed by atoms with E-state index in [-0.39, 0.29) is 42.7 Å². The lowest BCUT2D eigenvalue weighted by Gasteiger charge is -2.23. The fraction of sp³-hybridized carbons (Fsp3) is 0.316. The van der Waals surface area contributed by atoms with Gasteiger partial charge in [-0.1, -0.05) is 18.2 Å². The largest absolute Gasteiger partial charge is 0.378 e. The molecule has 1 atom stereocenters. The minimum absolute atomic E-state index is 0. The van der Waals surface area contributed by atoms with E-state index in [0.29, 0.717) is 37.4 Å². The maximum Gasteiger partial charge on any atom is 0.253 e. The quantitative estimate of drug-likeness (QED) is 0.657. The molecule has 3 rings (SSSR count). The van der Waals surface area contributed by atoms with Gasteiger partial charge in [0, 0.05) is 37.9 Å². The van der Waals surface area contributed by atoms with E-state index in [2.05, 4.69) is 20.9 Å². The highest BCUT2D eigenvalue weighted by Crippen LogP contribution is 2.16. The number of hydrogen-bond acceptors (Lipinski definition) is 5. The van der Waals surface area contributed by atoms with Gasteiger partial charge in [-0.15, -0.1) is 24.8 Å². The Bertz CT molecular complexity index is 756. The molecule has 152 valence electrons. The van der Waals surface area contributed by atoms with E-state index in [4.69, 9.17) is 4.74 Å². The van der Waals surface area contributed by atoms with Crippen molar-refractivity contribution in [2.24, 2.45) is 0 Å². The van der Waals surface area contributed by atoms with Crippen LogP contribution in [0.4, 0.5) is 5.69 Å². The Kier molecular flexibility index (Phi) is 10.5. The Hall–Kier alpha value is -2.19. The van der Waals surface area contributed by atoms with Gasteiger partial charge in [-0.25, -0.2) is 0 Å². The summed E-state index contributed by atoms with van der Waals surface area (Å²) in [6.07, 6.45) is 3.68. The summed E-state index contributed by atoms with van der Waals surface area (Å²) in [6, 6.07) is 10.7. The fourth-order valence-corrected chi connectivity index (χ4v) is 2.75. The van der Waals surface area contributed by atoms with Gasteiger partial charge >= 0.3 is 0 Å². The van der Waals surface area contributed by atoms with E-state index in [1.165, 1.54) is 0 Å². The number of anilines is 1. The molecule has 0 saturated carbocycles. The van der Waals surface area contributed by atoms with E-state index in [1.54, 1.807) is 36.7 Å². The zero-order valence-corrected chi connectivity index (χ0v) is 16.9. The van der Waals surface area contributed by atoms with Crippen LogP contribution in [-0.2, 0) is 16.1 Å². The molecule has 0 radical (unpaired) electrons. The molecule has 3 N–H and O–H groups in total. The van der Waals surface area contributed by atoms with E-state index < -0.39 is 0 Å². The molecule has 0 bridgehead atoms. The number of pyridine rings is 1. The van der Waals surface area contributed by atoms with Crippen molar-refractivity contribution < 1.29 is 14.3 Å². The number of aromatic nitrogens is 1. The number of carbonyl (C=O) groups is 2. The van der Waals surface area contributed by atoms with Crippen molar-refractivity contribution in [2.75, 3.05) is 25.1 Å². The number of para-hydroxylation sites is 1. The molecule has 2 aromatic rings. The third kappa shape index (κ3) is 7.09. The predicted octanol–water partition coefficient (Wildman–Crippen LogP) is 2.17. The Morgan fingerprint density at radius 3 is 2.71 bits per heavy atom. The zero-order chi connectivity index (χ0) is 18.2. The standard InChI is InChI=1S/C19H22N4O3.2ClH/c24-18(10-15-13-26-9-8-21-15)23-17-6-2-1-5-16(17)19(25)22-12-14-4-3-7-20-11-14;;/h1-7,11,15,21H,8-10,12-13H2,(H,22,25)(H,23,24);2*1H. The molecule has 1 unspecified atom stereocenters. The van der Waals surface area contributed by atoms with Crippen LogP contribution in [0, 0.1) is 0 Å². The number of halogens is 2. The Labute approximate surface area is 176 Å². The van der Waals surface area contributed by atoms with Crippen molar-refractivity contribution in [1.29, 1.82) is 0 Å². The molecule has 7 nitrogen and oxygen atoms in total. The van der Waals surface area contributed by atoms with Crippen molar-refractivity contribution in [3.05, 3.63) is 59.9 Å². The lowest BCUT2D eigenvalue weighted by atomic mass is 10.1. The second kappa shape index (κ2) is 12.3. The molecular formula is C19H24Cl2N4O3. The van der Waals surface area contributed by atoms with Crippen molar-refractivity contribution in [1.82, 2.24) is 15.6 Å². The number of amides is 2. The van der Waals surface area contributed by atoms with Crippen LogP contribution in [0.3, 0.4) is 0 Å². The van der Waals surface area contributed by atoms with E-state index >= 15 is 0 Å². The molecule has 9 heteroatoms. The first-order chi connectivity index (χ1) is 12.7. The van der Waals surface area contributed by atoms with Gasteiger partial charge < -0.3 is 20.7 Å². The fourth-order valence-electron chi connectivity index (χ4n) is 2.75. The second-order valence-electron chi connectivity index (χ2n) is 6.07. The molecule has 1 aliphatic rings. The number of nitrogens with zero attached hydrogens (tertiary/aromatic N) is 1. The van der Waals surface area contributed by atoms with Gasteiger partial charge in [0.1, 0.15) is 0 Å². The normalized spacial score (nSPS) is 15.5. The Morgan fingerprint density at radius 2 is 2.00 bits per heavy atom. The minimum Gasteiger partial charge on any atom is -0.378 e. The van der Waals surface area contributed by atoms with Crippen LogP contribution in [0.2, 0.25) is 0 Å². The van der Waals surface area contributed by atoms with Crippen molar-refractivity contribution >= 4 is 42.3 Å². The summed E-state index contributed by atoms with van der Waals surface area (Å²) in [5, 5.41) is 8.92. The SMILES string of the molecule is Cl.Cl.O=C(CC1COCCN1)Nc1ccccc1C(=O)NCc1cccnc1. The van der Waals surface area contributed by atoms with Crippen LogP contribution in [0.1, 0.15) is 22.3 Å². The molecule has 0 spiro atoms. The van der Waals surface area contributed by atoms with Crippen molar-refractivity contribution in [3.8, 4) is 0 Å². The van der Waals surface area contributed by atoms with Gasteiger partial charge in [0.15, 0.2) is 0 Å². The Balaban J connectivity index is 0.00000196. The monoisotopic (exact) mass is 426 g/mol. The highest BCUT2D eigenvalue weighted by atomic mass is 35.5. The van der Waals surface area contributed by atoms with Crippen molar-refractivity contribution in [3.63, 3.8) is 0 Å². The zero-order valence-electron chi connectivity index (χ0n) is 15.2. The topological polar surface area (TPSA) is 92.4 Å². The van der Waals surface area contributed by atoms with E-state index in [0.717, 1.165) is 12.1 Å². The summed E-state index contributed by atoms with van der Waals surface area (Å²) in [4.78, 5) is 28.8.